The van der Waals surface area contributed by atoms with Crippen molar-refractivity contribution in [3.8, 4) is 0 Å². The van der Waals surface area contributed by atoms with Gasteiger partial charge < -0.3 is 10.1 Å². The first-order valence-electron chi connectivity index (χ1n) is 9.41. The molecule has 3 rings (SSSR count). The Balaban J connectivity index is 1.68. The summed E-state index contributed by atoms with van der Waals surface area (Å²) in [6, 6.07) is 2.08. The lowest BCUT2D eigenvalue weighted by Crippen LogP contribution is -2.40. The predicted molar refractivity (Wildman–Crippen MR) is 95.0 cm³/mol. The summed E-state index contributed by atoms with van der Waals surface area (Å²) < 4.78 is 7.26. The second kappa shape index (κ2) is 7.26. The molecular weight excluding hydrogens is 302 g/mol. The van der Waals surface area contributed by atoms with E-state index < -0.39 is 0 Å². The lowest BCUT2D eigenvalue weighted by Gasteiger charge is -2.35. The molecule has 0 aromatic carbocycles. The van der Waals surface area contributed by atoms with Crippen molar-refractivity contribution in [2.75, 3.05) is 18.5 Å². The van der Waals surface area contributed by atoms with Gasteiger partial charge >= 0.3 is 0 Å². The fourth-order valence-electron chi connectivity index (χ4n) is 4.09. The van der Waals surface area contributed by atoms with Crippen molar-refractivity contribution in [1.29, 1.82) is 0 Å². The number of hydrogen-bond donors (Lipinski definition) is 1. The maximum absolute atomic E-state index is 12.9. The van der Waals surface area contributed by atoms with Crippen LogP contribution in [0, 0.1) is 11.3 Å². The zero-order chi connectivity index (χ0) is 17.2. The van der Waals surface area contributed by atoms with Crippen LogP contribution in [0.2, 0.25) is 0 Å². The summed E-state index contributed by atoms with van der Waals surface area (Å²) in [4.78, 5) is 12.9. The van der Waals surface area contributed by atoms with Crippen LogP contribution in [0.1, 0.15) is 70.4 Å². The molecule has 2 aliphatic rings. The molecule has 1 N–H and O–H groups in total. The van der Waals surface area contributed by atoms with Crippen molar-refractivity contribution in [2.24, 2.45) is 18.4 Å². The fraction of sp³-hybridized carbons (Fsp3) is 0.789. The molecule has 2 heterocycles. The van der Waals surface area contributed by atoms with Gasteiger partial charge in [0.25, 0.3) is 0 Å². The summed E-state index contributed by atoms with van der Waals surface area (Å²) in [7, 11) is 1.92. The van der Waals surface area contributed by atoms with Gasteiger partial charge in [0.1, 0.15) is 5.82 Å². The Labute approximate surface area is 145 Å². The number of anilines is 1. The first-order chi connectivity index (χ1) is 11.5. The molecule has 0 bridgehead atoms. The highest BCUT2D eigenvalue weighted by Crippen LogP contribution is 2.36. The number of carbonyl (C=O) groups is 1. The van der Waals surface area contributed by atoms with Gasteiger partial charge in [-0.1, -0.05) is 33.1 Å². The molecule has 24 heavy (non-hydrogen) atoms. The van der Waals surface area contributed by atoms with Gasteiger partial charge in [0.2, 0.25) is 5.91 Å². The van der Waals surface area contributed by atoms with Gasteiger partial charge in [-0.05, 0) is 31.6 Å². The van der Waals surface area contributed by atoms with E-state index in [-0.39, 0.29) is 11.3 Å². The molecule has 5 heteroatoms. The maximum atomic E-state index is 12.9. The summed E-state index contributed by atoms with van der Waals surface area (Å²) in [6.07, 6.45) is 8.28. The van der Waals surface area contributed by atoms with E-state index in [2.05, 4.69) is 30.3 Å². The zero-order valence-corrected chi connectivity index (χ0v) is 15.3. The van der Waals surface area contributed by atoms with Crippen LogP contribution >= 0.6 is 0 Å². The van der Waals surface area contributed by atoms with Crippen LogP contribution < -0.4 is 5.32 Å². The number of amides is 1. The third kappa shape index (κ3) is 3.66. The molecule has 0 radical (unpaired) electrons. The maximum Gasteiger partial charge on any atom is 0.231 e. The quantitative estimate of drug-likeness (QED) is 0.910. The topological polar surface area (TPSA) is 56.2 Å². The molecule has 1 saturated heterocycles. The smallest absolute Gasteiger partial charge is 0.231 e. The van der Waals surface area contributed by atoms with Crippen molar-refractivity contribution in [2.45, 2.75) is 64.7 Å². The number of rotatable bonds is 4. The number of hydrogen-bond acceptors (Lipinski definition) is 3. The Kier molecular flexibility index (Phi) is 5.28. The number of nitrogens with zero attached hydrogens (tertiary/aromatic N) is 2. The van der Waals surface area contributed by atoms with E-state index in [9.17, 15) is 4.79 Å². The van der Waals surface area contributed by atoms with Gasteiger partial charge in [0.15, 0.2) is 0 Å². The molecular formula is C19H31N3O2. The minimum Gasteiger partial charge on any atom is -0.381 e. The monoisotopic (exact) mass is 333 g/mol. The average Bonchev–Trinajstić information content (AvgIpc) is 2.97. The van der Waals surface area contributed by atoms with Crippen LogP contribution in [-0.4, -0.2) is 28.9 Å². The summed E-state index contributed by atoms with van der Waals surface area (Å²) >= 11 is 0. The minimum atomic E-state index is -0.390. The summed E-state index contributed by atoms with van der Waals surface area (Å²) in [5.41, 5.74) is 0.746. The molecule has 1 saturated carbocycles. The third-order valence-corrected chi connectivity index (χ3v) is 5.99. The highest BCUT2D eigenvalue weighted by molar-refractivity contribution is 5.94. The van der Waals surface area contributed by atoms with Gasteiger partial charge in [-0.3, -0.25) is 9.48 Å². The van der Waals surface area contributed by atoms with Crippen LogP contribution in [0.4, 0.5) is 5.82 Å². The number of ether oxygens (including phenoxy) is 1. The molecule has 2 fully saturated rings. The molecule has 0 unspecified atom stereocenters. The van der Waals surface area contributed by atoms with E-state index in [1.165, 1.54) is 32.1 Å². The van der Waals surface area contributed by atoms with Gasteiger partial charge in [0.05, 0.1) is 5.69 Å². The van der Waals surface area contributed by atoms with Crippen molar-refractivity contribution in [3.63, 3.8) is 0 Å². The van der Waals surface area contributed by atoms with Gasteiger partial charge in [-0.15, -0.1) is 0 Å². The summed E-state index contributed by atoms with van der Waals surface area (Å²) in [6.45, 7) is 5.63. The van der Waals surface area contributed by atoms with Crippen LogP contribution in [-0.2, 0) is 16.6 Å². The number of aromatic nitrogens is 2. The van der Waals surface area contributed by atoms with Crippen LogP contribution in [0.3, 0.4) is 0 Å². The first-order valence-corrected chi connectivity index (χ1v) is 9.41. The Bertz CT molecular complexity index is 567. The van der Waals surface area contributed by atoms with E-state index in [4.69, 9.17) is 4.74 Å². The van der Waals surface area contributed by atoms with Crippen molar-refractivity contribution in [1.82, 2.24) is 9.78 Å². The van der Waals surface area contributed by atoms with Crippen molar-refractivity contribution >= 4 is 11.7 Å². The van der Waals surface area contributed by atoms with Crippen LogP contribution in [0.25, 0.3) is 0 Å². The Hall–Kier alpha value is -1.36. The van der Waals surface area contributed by atoms with Gasteiger partial charge in [0, 0.05) is 37.7 Å². The third-order valence-electron chi connectivity index (χ3n) is 5.99. The van der Waals surface area contributed by atoms with Gasteiger partial charge in [-0.2, -0.15) is 5.10 Å². The predicted octanol–water partition coefficient (Wildman–Crippen LogP) is 3.86. The SMILES string of the molecule is Cn1nc(C2CCCCC2)cc1NC(=O)C(C)(C)C1CCOCC1. The molecule has 1 aliphatic heterocycles. The fourth-order valence-corrected chi connectivity index (χ4v) is 4.09. The van der Waals surface area contributed by atoms with E-state index in [1.807, 2.05) is 11.7 Å². The molecule has 134 valence electrons. The molecule has 5 nitrogen and oxygen atoms in total. The number of aryl methyl sites for hydroxylation is 1. The molecule has 0 atom stereocenters. The molecule has 1 aromatic heterocycles. The van der Waals surface area contributed by atoms with Crippen LogP contribution in [0.5, 0.6) is 0 Å². The Morgan fingerprint density at radius 3 is 2.54 bits per heavy atom. The standard InChI is InChI=1S/C19H31N3O2/c1-19(2,15-9-11-24-12-10-15)18(23)20-17-13-16(21-22(17)3)14-7-5-4-6-8-14/h13-15H,4-12H2,1-3H3,(H,20,23). The zero-order valence-electron chi connectivity index (χ0n) is 15.3. The molecule has 1 aliphatic carbocycles. The van der Waals surface area contributed by atoms with Crippen LogP contribution in [0.15, 0.2) is 6.07 Å². The Morgan fingerprint density at radius 2 is 1.88 bits per heavy atom. The van der Waals surface area contributed by atoms with Crippen molar-refractivity contribution < 1.29 is 9.53 Å². The van der Waals surface area contributed by atoms with E-state index in [1.54, 1.807) is 0 Å². The number of nitrogens with one attached hydrogen (secondary N) is 1. The first kappa shape index (κ1) is 17.5. The Morgan fingerprint density at radius 1 is 1.21 bits per heavy atom. The second-order valence-electron chi connectivity index (χ2n) is 7.98. The van der Waals surface area contributed by atoms with E-state index >= 15 is 0 Å². The van der Waals surface area contributed by atoms with E-state index in [0.717, 1.165) is 37.6 Å². The minimum absolute atomic E-state index is 0.0904. The van der Waals surface area contributed by atoms with E-state index in [0.29, 0.717) is 11.8 Å². The average molecular weight is 333 g/mol. The van der Waals surface area contributed by atoms with Gasteiger partial charge in [-0.25, -0.2) is 0 Å². The lowest BCUT2D eigenvalue weighted by atomic mass is 9.74. The molecule has 1 aromatic rings. The largest absolute Gasteiger partial charge is 0.381 e. The highest BCUT2D eigenvalue weighted by atomic mass is 16.5. The summed E-state index contributed by atoms with van der Waals surface area (Å²) in [5.74, 6) is 1.84. The van der Waals surface area contributed by atoms with Crippen molar-refractivity contribution in [3.05, 3.63) is 11.8 Å². The second-order valence-corrected chi connectivity index (χ2v) is 7.98. The highest BCUT2D eigenvalue weighted by Gasteiger charge is 2.38. The molecule has 1 amide bonds. The number of carbonyl (C=O) groups excluding carboxylic acids is 1. The molecule has 0 spiro atoms. The normalized spacial score (nSPS) is 21.0. The lowest BCUT2D eigenvalue weighted by molar-refractivity contribution is -0.128. The summed E-state index contributed by atoms with van der Waals surface area (Å²) in [5, 5.41) is 7.79.